The Hall–Kier alpha value is -2.24. The van der Waals surface area contributed by atoms with Crippen LogP contribution in [0.1, 0.15) is 0 Å². The van der Waals surface area contributed by atoms with E-state index in [1.165, 1.54) is 0 Å². The maximum atomic E-state index is 10.5. The molecule has 15 heavy (non-hydrogen) atoms. The van der Waals surface area contributed by atoms with Gasteiger partial charge in [-0.1, -0.05) is 0 Å². The Morgan fingerprint density at radius 1 is 1.33 bits per heavy atom. The Labute approximate surface area is 86.7 Å². The van der Waals surface area contributed by atoms with Crippen molar-refractivity contribution in [2.45, 2.75) is 0 Å². The van der Waals surface area contributed by atoms with Gasteiger partial charge in [0.25, 0.3) is 0 Å². The van der Waals surface area contributed by atoms with E-state index in [1.54, 1.807) is 24.3 Å². The standard InChI is InChI=1S/C9H12N4O2/c10-8(11)5-15-7-3-1-6(2-4-7)13-9(12)14/h1-4H,5H2,(H3,10,11)(H3,12,13,14). The van der Waals surface area contributed by atoms with Crippen molar-refractivity contribution < 1.29 is 9.53 Å². The average Bonchev–Trinajstić information content (AvgIpc) is 2.16. The van der Waals surface area contributed by atoms with Gasteiger partial charge in [-0.05, 0) is 24.3 Å². The first-order valence-corrected chi connectivity index (χ1v) is 4.20. The highest BCUT2D eigenvalue weighted by Gasteiger charge is 1.97. The number of amides is 2. The van der Waals surface area contributed by atoms with Crippen LogP contribution in [0.2, 0.25) is 0 Å². The second-order valence-electron chi connectivity index (χ2n) is 2.83. The minimum atomic E-state index is -0.618. The first-order valence-electron chi connectivity index (χ1n) is 4.20. The minimum Gasteiger partial charge on any atom is -0.486 e. The van der Waals surface area contributed by atoms with Crippen molar-refractivity contribution in [3.05, 3.63) is 24.3 Å². The Balaban J connectivity index is 2.56. The summed E-state index contributed by atoms with van der Waals surface area (Å²) in [6.45, 7) is 0.0442. The average molecular weight is 208 g/mol. The summed E-state index contributed by atoms with van der Waals surface area (Å²) < 4.78 is 5.13. The van der Waals surface area contributed by atoms with E-state index >= 15 is 0 Å². The van der Waals surface area contributed by atoms with E-state index in [0.717, 1.165) is 0 Å². The zero-order valence-electron chi connectivity index (χ0n) is 7.99. The second kappa shape index (κ2) is 4.85. The van der Waals surface area contributed by atoms with Crippen molar-refractivity contribution in [1.29, 1.82) is 5.41 Å². The van der Waals surface area contributed by atoms with Crippen molar-refractivity contribution in [2.75, 3.05) is 11.9 Å². The molecule has 6 nitrogen and oxygen atoms in total. The normalized spacial score (nSPS) is 9.33. The van der Waals surface area contributed by atoms with E-state index in [4.69, 9.17) is 21.6 Å². The molecule has 0 bridgehead atoms. The molecule has 6 heteroatoms. The molecule has 0 saturated carbocycles. The Kier molecular flexibility index (Phi) is 3.50. The van der Waals surface area contributed by atoms with Crippen molar-refractivity contribution in [1.82, 2.24) is 0 Å². The summed E-state index contributed by atoms with van der Waals surface area (Å²) in [5.74, 6) is 0.523. The number of rotatable bonds is 4. The van der Waals surface area contributed by atoms with Gasteiger partial charge in [0.05, 0.1) is 0 Å². The zero-order valence-corrected chi connectivity index (χ0v) is 7.99. The van der Waals surface area contributed by atoms with Gasteiger partial charge in [-0.15, -0.1) is 0 Å². The number of benzene rings is 1. The molecule has 0 spiro atoms. The van der Waals surface area contributed by atoms with E-state index in [0.29, 0.717) is 11.4 Å². The number of primary amides is 1. The second-order valence-corrected chi connectivity index (χ2v) is 2.83. The zero-order chi connectivity index (χ0) is 11.3. The third-order valence-electron chi connectivity index (χ3n) is 1.52. The number of nitrogens with two attached hydrogens (primary N) is 2. The fourth-order valence-corrected chi connectivity index (χ4v) is 0.938. The van der Waals surface area contributed by atoms with Crippen LogP contribution in [0.25, 0.3) is 0 Å². The number of carbonyl (C=O) groups is 1. The first-order chi connectivity index (χ1) is 7.08. The molecule has 0 unspecified atom stereocenters. The molecular formula is C9H12N4O2. The number of amidine groups is 1. The molecule has 0 radical (unpaired) electrons. The van der Waals surface area contributed by atoms with Gasteiger partial charge >= 0.3 is 6.03 Å². The van der Waals surface area contributed by atoms with Crippen LogP contribution >= 0.6 is 0 Å². The van der Waals surface area contributed by atoms with Crippen molar-refractivity contribution in [3.8, 4) is 5.75 Å². The number of hydrogen-bond acceptors (Lipinski definition) is 3. The number of nitrogens with one attached hydrogen (secondary N) is 2. The summed E-state index contributed by atoms with van der Waals surface area (Å²) in [7, 11) is 0. The number of urea groups is 1. The van der Waals surface area contributed by atoms with Crippen molar-refractivity contribution >= 4 is 17.6 Å². The summed E-state index contributed by atoms with van der Waals surface area (Å²) in [4.78, 5) is 10.5. The molecule has 0 aromatic heterocycles. The molecule has 0 fully saturated rings. The van der Waals surface area contributed by atoms with Crippen LogP contribution in [0.3, 0.4) is 0 Å². The van der Waals surface area contributed by atoms with Gasteiger partial charge in [0, 0.05) is 5.69 Å². The third kappa shape index (κ3) is 3.99. The highest BCUT2D eigenvalue weighted by Crippen LogP contribution is 2.15. The number of ether oxygens (including phenoxy) is 1. The van der Waals surface area contributed by atoms with Crippen LogP contribution in [0.4, 0.5) is 10.5 Å². The van der Waals surface area contributed by atoms with Crippen LogP contribution in [0.15, 0.2) is 24.3 Å². The summed E-state index contributed by atoms with van der Waals surface area (Å²) in [5, 5.41) is 9.37. The molecule has 1 aromatic carbocycles. The Morgan fingerprint density at radius 2 is 1.93 bits per heavy atom. The molecule has 0 aliphatic carbocycles. The fourth-order valence-electron chi connectivity index (χ4n) is 0.938. The van der Waals surface area contributed by atoms with E-state index in [-0.39, 0.29) is 12.4 Å². The van der Waals surface area contributed by atoms with Crippen LogP contribution < -0.4 is 21.5 Å². The molecule has 1 rings (SSSR count). The lowest BCUT2D eigenvalue weighted by Gasteiger charge is -2.06. The monoisotopic (exact) mass is 208 g/mol. The van der Waals surface area contributed by atoms with E-state index in [9.17, 15) is 4.79 Å². The van der Waals surface area contributed by atoms with E-state index in [1.807, 2.05) is 0 Å². The smallest absolute Gasteiger partial charge is 0.316 e. The van der Waals surface area contributed by atoms with Crippen molar-refractivity contribution in [3.63, 3.8) is 0 Å². The van der Waals surface area contributed by atoms with Gasteiger partial charge in [-0.3, -0.25) is 5.41 Å². The maximum absolute atomic E-state index is 10.5. The lowest BCUT2D eigenvalue weighted by atomic mass is 10.3. The number of carbonyl (C=O) groups excluding carboxylic acids is 1. The predicted molar refractivity (Wildman–Crippen MR) is 57.1 cm³/mol. The van der Waals surface area contributed by atoms with Gasteiger partial charge in [0.1, 0.15) is 18.2 Å². The molecule has 0 saturated heterocycles. The molecule has 2 amide bonds. The Morgan fingerprint density at radius 3 is 2.40 bits per heavy atom. The molecule has 6 N–H and O–H groups in total. The van der Waals surface area contributed by atoms with Crippen LogP contribution in [-0.4, -0.2) is 18.5 Å². The van der Waals surface area contributed by atoms with Gasteiger partial charge < -0.3 is 21.5 Å². The molecular weight excluding hydrogens is 196 g/mol. The summed E-state index contributed by atoms with van der Waals surface area (Å²) in [6.07, 6.45) is 0. The summed E-state index contributed by atoms with van der Waals surface area (Å²) in [6, 6.07) is 5.95. The number of anilines is 1. The largest absolute Gasteiger partial charge is 0.486 e. The lowest BCUT2D eigenvalue weighted by Crippen LogP contribution is -2.20. The number of hydrogen-bond donors (Lipinski definition) is 4. The predicted octanol–water partition coefficient (Wildman–Crippen LogP) is 0.492. The Bertz CT molecular complexity index is 361. The van der Waals surface area contributed by atoms with Gasteiger partial charge in [-0.25, -0.2) is 4.79 Å². The molecule has 0 aliphatic heterocycles. The van der Waals surface area contributed by atoms with E-state index in [2.05, 4.69) is 5.32 Å². The molecule has 0 aliphatic rings. The highest BCUT2D eigenvalue weighted by atomic mass is 16.5. The topological polar surface area (TPSA) is 114 Å². The molecule has 0 atom stereocenters. The SMILES string of the molecule is N=C(N)COc1ccc(NC(N)=O)cc1. The van der Waals surface area contributed by atoms with Gasteiger partial charge in [-0.2, -0.15) is 0 Å². The molecule has 0 heterocycles. The third-order valence-corrected chi connectivity index (χ3v) is 1.52. The van der Waals surface area contributed by atoms with E-state index < -0.39 is 6.03 Å². The highest BCUT2D eigenvalue weighted by molar-refractivity contribution is 5.87. The van der Waals surface area contributed by atoms with Crippen LogP contribution in [0, 0.1) is 5.41 Å². The van der Waals surface area contributed by atoms with Crippen LogP contribution in [0.5, 0.6) is 5.75 Å². The molecule has 80 valence electrons. The van der Waals surface area contributed by atoms with Crippen molar-refractivity contribution in [2.24, 2.45) is 11.5 Å². The van der Waals surface area contributed by atoms with Gasteiger partial charge in [0.15, 0.2) is 0 Å². The first kappa shape index (κ1) is 10.8. The fraction of sp³-hybridized carbons (Fsp3) is 0.111. The molecule has 1 aromatic rings. The van der Waals surface area contributed by atoms with Crippen LogP contribution in [-0.2, 0) is 0 Å². The maximum Gasteiger partial charge on any atom is 0.316 e. The summed E-state index contributed by atoms with van der Waals surface area (Å²) in [5.41, 5.74) is 10.6. The summed E-state index contributed by atoms with van der Waals surface area (Å²) >= 11 is 0. The quantitative estimate of drug-likeness (QED) is 0.426. The minimum absolute atomic E-state index is 0.0442. The van der Waals surface area contributed by atoms with Gasteiger partial charge in [0.2, 0.25) is 0 Å². The lowest BCUT2D eigenvalue weighted by molar-refractivity contribution is 0.259.